The van der Waals surface area contributed by atoms with Crippen LogP contribution in [0, 0.1) is 23.2 Å². The molecule has 1 amide bonds. The molecule has 0 aromatic carbocycles. The number of hydrogen-bond donors (Lipinski definition) is 1. The van der Waals surface area contributed by atoms with E-state index >= 15 is 0 Å². The molecule has 0 radical (unpaired) electrons. The van der Waals surface area contributed by atoms with Crippen molar-refractivity contribution in [1.29, 1.82) is 0 Å². The van der Waals surface area contributed by atoms with Crippen molar-refractivity contribution in [2.24, 2.45) is 23.2 Å². The minimum atomic E-state index is -0.837. The van der Waals surface area contributed by atoms with E-state index in [1.807, 2.05) is 18.7 Å². The quantitative estimate of drug-likeness (QED) is 0.818. The first-order valence-corrected chi connectivity index (χ1v) is 6.80. The molecule has 4 atom stereocenters. The molecule has 1 N–H and O–H groups in total. The number of carbonyl (C=O) groups excluding carboxylic acids is 1. The molecule has 2 rings (SSSR count). The highest BCUT2D eigenvalue weighted by molar-refractivity contribution is 5.91. The van der Waals surface area contributed by atoms with Crippen LogP contribution in [0.4, 0.5) is 0 Å². The van der Waals surface area contributed by atoms with Gasteiger partial charge in [0, 0.05) is 12.6 Å². The van der Waals surface area contributed by atoms with Crippen LogP contribution in [0.25, 0.3) is 0 Å². The average molecular weight is 253 g/mol. The van der Waals surface area contributed by atoms with E-state index in [0.29, 0.717) is 5.92 Å². The van der Waals surface area contributed by atoms with Gasteiger partial charge in [-0.1, -0.05) is 20.8 Å². The van der Waals surface area contributed by atoms with Crippen molar-refractivity contribution in [2.45, 2.75) is 46.6 Å². The Balaban J connectivity index is 2.07. The Morgan fingerprint density at radius 2 is 1.83 bits per heavy atom. The summed E-state index contributed by atoms with van der Waals surface area (Å²) in [6, 6.07) is 0.243. The van der Waals surface area contributed by atoms with Crippen LogP contribution in [0.1, 0.15) is 40.5 Å². The Labute approximate surface area is 108 Å². The van der Waals surface area contributed by atoms with Gasteiger partial charge in [0.15, 0.2) is 0 Å². The molecule has 0 bridgehead atoms. The third kappa shape index (κ3) is 2.02. The molecule has 0 aromatic rings. The zero-order chi connectivity index (χ0) is 13.7. The van der Waals surface area contributed by atoms with Crippen molar-refractivity contribution >= 4 is 11.9 Å². The fraction of sp³-hybridized carbons (Fsp3) is 0.857. The van der Waals surface area contributed by atoms with Gasteiger partial charge < -0.3 is 10.0 Å². The molecule has 2 aliphatic rings. The van der Waals surface area contributed by atoms with Crippen LogP contribution in [-0.2, 0) is 9.59 Å². The molecule has 1 aliphatic heterocycles. The Morgan fingerprint density at radius 3 is 2.28 bits per heavy atom. The summed E-state index contributed by atoms with van der Waals surface area (Å²) in [4.78, 5) is 25.5. The zero-order valence-corrected chi connectivity index (χ0v) is 11.6. The third-order valence-corrected chi connectivity index (χ3v) is 4.78. The number of piperidine rings is 1. The third-order valence-electron chi connectivity index (χ3n) is 4.78. The lowest BCUT2D eigenvalue weighted by atomic mass is 9.92. The molecule has 2 unspecified atom stereocenters. The molecular weight excluding hydrogens is 230 g/mol. The molecule has 1 saturated heterocycles. The van der Waals surface area contributed by atoms with Crippen LogP contribution in [-0.4, -0.2) is 34.5 Å². The summed E-state index contributed by atoms with van der Waals surface area (Å²) in [6.07, 6.45) is 2.05. The van der Waals surface area contributed by atoms with E-state index in [4.69, 9.17) is 5.11 Å². The predicted octanol–water partition coefficient (Wildman–Crippen LogP) is 1.99. The molecular formula is C14H23NO3. The number of carboxylic acids is 1. The van der Waals surface area contributed by atoms with Crippen molar-refractivity contribution < 1.29 is 14.7 Å². The number of rotatable bonds is 2. The molecule has 0 spiro atoms. The highest BCUT2D eigenvalue weighted by Gasteiger charge is 2.66. The summed E-state index contributed by atoms with van der Waals surface area (Å²) in [7, 11) is 0. The maximum absolute atomic E-state index is 12.5. The largest absolute Gasteiger partial charge is 0.481 e. The van der Waals surface area contributed by atoms with Crippen molar-refractivity contribution in [3.8, 4) is 0 Å². The molecule has 4 nitrogen and oxygen atoms in total. The number of nitrogens with zero attached hydrogens (tertiary/aromatic N) is 1. The van der Waals surface area contributed by atoms with Gasteiger partial charge in [-0.15, -0.1) is 0 Å². The van der Waals surface area contributed by atoms with Crippen molar-refractivity contribution in [1.82, 2.24) is 4.90 Å². The molecule has 1 heterocycles. The van der Waals surface area contributed by atoms with Crippen LogP contribution >= 0.6 is 0 Å². The van der Waals surface area contributed by atoms with Crippen molar-refractivity contribution in [3.63, 3.8) is 0 Å². The minimum Gasteiger partial charge on any atom is -0.481 e. The zero-order valence-electron chi connectivity index (χ0n) is 11.6. The second kappa shape index (κ2) is 4.25. The van der Waals surface area contributed by atoms with E-state index in [9.17, 15) is 9.59 Å². The van der Waals surface area contributed by atoms with E-state index < -0.39 is 11.9 Å². The van der Waals surface area contributed by atoms with Crippen LogP contribution in [0.2, 0.25) is 0 Å². The first-order valence-electron chi connectivity index (χ1n) is 6.80. The van der Waals surface area contributed by atoms with E-state index in [2.05, 4.69) is 13.8 Å². The van der Waals surface area contributed by atoms with E-state index in [0.717, 1.165) is 19.4 Å². The molecule has 1 aliphatic carbocycles. The Kier molecular flexibility index (Phi) is 3.16. The SMILES string of the molecule is CC1CCN(C(=O)[C@H]2[C@@H](C(=O)O)C2(C)C)C(C)C1. The maximum atomic E-state index is 12.5. The smallest absolute Gasteiger partial charge is 0.307 e. The van der Waals surface area contributed by atoms with Crippen molar-refractivity contribution in [3.05, 3.63) is 0 Å². The minimum absolute atomic E-state index is 0.0480. The maximum Gasteiger partial charge on any atom is 0.307 e. The van der Waals surface area contributed by atoms with Gasteiger partial charge in [0.2, 0.25) is 5.91 Å². The molecule has 2 fully saturated rings. The number of carboxylic acid groups (broad SMARTS) is 1. The monoisotopic (exact) mass is 253 g/mol. The van der Waals surface area contributed by atoms with E-state index in [1.165, 1.54) is 0 Å². The predicted molar refractivity (Wildman–Crippen MR) is 68.0 cm³/mol. The van der Waals surface area contributed by atoms with Gasteiger partial charge in [0.05, 0.1) is 11.8 Å². The van der Waals surface area contributed by atoms with Gasteiger partial charge in [-0.3, -0.25) is 9.59 Å². The van der Waals surface area contributed by atoms with Crippen LogP contribution in [0.5, 0.6) is 0 Å². The van der Waals surface area contributed by atoms with E-state index in [-0.39, 0.29) is 23.3 Å². The number of aliphatic carboxylic acids is 1. The fourth-order valence-corrected chi connectivity index (χ4v) is 3.47. The van der Waals surface area contributed by atoms with Gasteiger partial charge in [-0.05, 0) is 31.1 Å². The first-order chi connectivity index (χ1) is 8.26. The highest BCUT2D eigenvalue weighted by atomic mass is 16.4. The summed E-state index contributed by atoms with van der Waals surface area (Å²) in [5, 5.41) is 9.14. The normalized spacial score (nSPS) is 38.3. The van der Waals surface area contributed by atoms with Gasteiger partial charge in [-0.2, -0.15) is 0 Å². The van der Waals surface area contributed by atoms with Crippen molar-refractivity contribution in [2.75, 3.05) is 6.54 Å². The second-order valence-corrected chi connectivity index (χ2v) is 6.63. The first kappa shape index (κ1) is 13.4. The lowest BCUT2D eigenvalue weighted by Crippen LogP contribution is -2.45. The Morgan fingerprint density at radius 1 is 1.22 bits per heavy atom. The number of likely N-dealkylation sites (tertiary alicyclic amines) is 1. The van der Waals surface area contributed by atoms with Crippen LogP contribution in [0.15, 0.2) is 0 Å². The molecule has 1 saturated carbocycles. The van der Waals surface area contributed by atoms with Gasteiger partial charge in [-0.25, -0.2) is 0 Å². The number of hydrogen-bond acceptors (Lipinski definition) is 2. The topological polar surface area (TPSA) is 57.6 Å². The Hall–Kier alpha value is -1.06. The van der Waals surface area contributed by atoms with E-state index in [1.54, 1.807) is 0 Å². The fourth-order valence-electron chi connectivity index (χ4n) is 3.47. The number of carbonyl (C=O) groups is 2. The van der Waals surface area contributed by atoms with Gasteiger partial charge in [0.1, 0.15) is 0 Å². The summed E-state index contributed by atoms with van der Waals surface area (Å²) in [5.41, 5.74) is -0.383. The lowest BCUT2D eigenvalue weighted by Gasteiger charge is -2.37. The van der Waals surface area contributed by atoms with Gasteiger partial charge in [0.25, 0.3) is 0 Å². The molecule has 102 valence electrons. The molecule has 18 heavy (non-hydrogen) atoms. The van der Waals surface area contributed by atoms with Crippen LogP contribution < -0.4 is 0 Å². The summed E-state index contributed by atoms with van der Waals surface area (Å²) in [6.45, 7) is 8.81. The standard InChI is InChI=1S/C14H23NO3/c1-8-5-6-15(9(2)7-8)12(16)10-11(13(17)18)14(10,3)4/h8-11H,5-7H2,1-4H3,(H,17,18)/t8?,9?,10-,11+/m1/s1. The lowest BCUT2D eigenvalue weighted by molar-refractivity contribution is -0.143. The summed E-state index contributed by atoms with van der Waals surface area (Å²) >= 11 is 0. The second-order valence-electron chi connectivity index (χ2n) is 6.63. The summed E-state index contributed by atoms with van der Waals surface area (Å²) < 4.78 is 0. The number of amides is 1. The summed E-state index contributed by atoms with van der Waals surface area (Å²) in [5.74, 6) is -0.961. The average Bonchev–Trinajstić information content (AvgIpc) is 2.81. The molecule has 4 heteroatoms. The van der Waals surface area contributed by atoms with Gasteiger partial charge >= 0.3 is 5.97 Å². The van der Waals surface area contributed by atoms with Crippen LogP contribution in [0.3, 0.4) is 0 Å². The molecule has 0 aromatic heterocycles. The Bertz CT molecular complexity index is 377. The highest BCUT2D eigenvalue weighted by Crippen LogP contribution is 2.59.